The van der Waals surface area contributed by atoms with Crippen LogP contribution in [0.15, 0.2) is 29.2 Å². The van der Waals surface area contributed by atoms with Gasteiger partial charge in [-0.25, -0.2) is 13.2 Å². The Labute approximate surface area is 173 Å². The number of amides is 1. The Balaban J connectivity index is 1.63. The molecule has 0 unspecified atom stereocenters. The molecule has 0 atom stereocenters. The SMILES string of the molecule is COC(=O)c1c(NS(=O)(=O)c2ccc(N3CCCC3=O)cc2)sc2c1CCCC2. The summed E-state index contributed by atoms with van der Waals surface area (Å²) in [7, 11) is -2.58. The van der Waals surface area contributed by atoms with Crippen LogP contribution in [0.3, 0.4) is 0 Å². The number of esters is 1. The maximum Gasteiger partial charge on any atom is 0.341 e. The molecule has 1 fully saturated rings. The Bertz CT molecular complexity index is 1060. The second kappa shape index (κ2) is 7.79. The van der Waals surface area contributed by atoms with Crippen molar-refractivity contribution in [3.05, 3.63) is 40.3 Å². The number of thiophene rings is 1. The van der Waals surface area contributed by atoms with Crippen LogP contribution in [-0.4, -0.2) is 33.9 Å². The first-order valence-electron chi connectivity index (χ1n) is 9.57. The van der Waals surface area contributed by atoms with E-state index in [1.807, 2.05) is 0 Å². The van der Waals surface area contributed by atoms with Crippen LogP contribution in [0.25, 0.3) is 0 Å². The number of hydrogen-bond donors (Lipinski definition) is 1. The van der Waals surface area contributed by atoms with Gasteiger partial charge in [-0.2, -0.15) is 0 Å². The lowest BCUT2D eigenvalue weighted by atomic mass is 9.95. The van der Waals surface area contributed by atoms with Gasteiger partial charge in [0.05, 0.1) is 17.6 Å². The molecular formula is C20H22N2O5S2. The summed E-state index contributed by atoms with van der Waals surface area (Å²) in [6, 6.07) is 6.24. The number of fused-ring (bicyclic) bond motifs is 1. The minimum Gasteiger partial charge on any atom is -0.465 e. The van der Waals surface area contributed by atoms with Crippen molar-refractivity contribution in [2.45, 2.75) is 43.4 Å². The molecule has 2 aromatic rings. The summed E-state index contributed by atoms with van der Waals surface area (Å²) in [5.41, 5.74) is 1.91. The predicted molar refractivity (Wildman–Crippen MR) is 111 cm³/mol. The van der Waals surface area contributed by atoms with Gasteiger partial charge in [-0.3, -0.25) is 9.52 Å². The summed E-state index contributed by atoms with van der Waals surface area (Å²) in [5, 5.41) is 0.308. The van der Waals surface area contributed by atoms with Crippen LogP contribution in [0.4, 0.5) is 10.7 Å². The van der Waals surface area contributed by atoms with Gasteiger partial charge in [0.1, 0.15) is 5.00 Å². The normalized spacial score (nSPS) is 16.6. The molecule has 0 bridgehead atoms. The van der Waals surface area contributed by atoms with Crippen LogP contribution >= 0.6 is 11.3 Å². The molecule has 1 saturated heterocycles. The van der Waals surface area contributed by atoms with E-state index in [-0.39, 0.29) is 10.8 Å². The molecule has 1 N–H and O–H groups in total. The zero-order chi connectivity index (χ0) is 20.6. The van der Waals surface area contributed by atoms with E-state index >= 15 is 0 Å². The number of carbonyl (C=O) groups is 2. The van der Waals surface area contributed by atoms with Gasteiger partial charge in [0.2, 0.25) is 5.91 Å². The van der Waals surface area contributed by atoms with E-state index in [0.29, 0.717) is 29.2 Å². The second-order valence-electron chi connectivity index (χ2n) is 7.15. The van der Waals surface area contributed by atoms with Crippen molar-refractivity contribution < 1.29 is 22.7 Å². The summed E-state index contributed by atoms with van der Waals surface area (Å²) in [4.78, 5) is 27.0. The van der Waals surface area contributed by atoms with Crippen LogP contribution < -0.4 is 9.62 Å². The molecule has 1 amide bonds. The topological polar surface area (TPSA) is 92.8 Å². The fraction of sp³-hybridized carbons (Fsp3) is 0.400. The quantitative estimate of drug-likeness (QED) is 0.729. The number of rotatable bonds is 5. The molecule has 0 radical (unpaired) electrons. The van der Waals surface area contributed by atoms with Crippen LogP contribution in [0.5, 0.6) is 0 Å². The third-order valence-electron chi connectivity index (χ3n) is 5.32. The van der Waals surface area contributed by atoms with Gasteiger partial charge in [0.25, 0.3) is 10.0 Å². The van der Waals surface area contributed by atoms with Crippen molar-refractivity contribution in [1.29, 1.82) is 0 Å². The maximum absolute atomic E-state index is 12.9. The molecule has 9 heteroatoms. The number of nitrogens with zero attached hydrogens (tertiary/aromatic N) is 1. The average Bonchev–Trinajstić information content (AvgIpc) is 3.30. The van der Waals surface area contributed by atoms with Crippen molar-refractivity contribution in [3.63, 3.8) is 0 Å². The number of methoxy groups -OCH3 is 1. The van der Waals surface area contributed by atoms with Gasteiger partial charge in [-0.15, -0.1) is 11.3 Å². The van der Waals surface area contributed by atoms with E-state index in [1.165, 1.54) is 30.6 Å². The zero-order valence-electron chi connectivity index (χ0n) is 16.1. The van der Waals surface area contributed by atoms with E-state index < -0.39 is 16.0 Å². The standard InChI is InChI=1S/C20H22N2O5S2/c1-27-20(24)18-15-5-2-3-6-16(15)28-19(18)21-29(25,26)14-10-8-13(9-11-14)22-12-4-7-17(22)23/h8-11,21H,2-7,12H2,1H3. The fourth-order valence-corrected chi connectivity index (χ4v) is 6.45. The maximum atomic E-state index is 12.9. The van der Waals surface area contributed by atoms with Gasteiger partial charge >= 0.3 is 5.97 Å². The third-order valence-corrected chi connectivity index (χ3v) is 8.02. The highest BCUT2D eigenvalue weighted by atomic mass is 32.2. The van der Waals surface area contributed by atoms with Crippen molar-refractivity contribution in [1.82, 2.24) is 0 Å². The van der Waals surface area contributed by atoms with Gasteiger partial charge in [0, 0.05) is 23.5 Å². The number of aryl methyl sites for hydroxylation is 1. The van der Waals surface area contributed by atoms with E-state index in [2.05, 4.69) is 4.72 Å². The Kier molecular flexibility index (Phi) is 5.35. The smallest absolute Gasteiger partial charge is 0.341 e. The van der Waals surface area contributed by atoms with Crippen molar-refractivity contribution >= 4 is 43.9 Å². The number of anilines is 2. The molecule has 2 heterocycles. The molecule has 1 aromatic carbocycles. The largest absolute Gasteiger partial charge is 0.465 e. The van der Waals surface area contributed by atoms with Gasteiger partial charge < -0.3 is 9.64 Å². The Morgan fingerprint density at radius 3 is 2.48 bits per heavy atom. The number of sulfonamides is 1. The first kappa shape index (κ1) is 19.9. The molecule has 4 rings (SSSR count). The summed E-state index contributed by atoms with van der Waals surface area (Å²) >= 11 is 1.31. The molecule has 154 valence electrons. The van der Waals surface area contributed by atoms with Crippen LogP contribution in [0.1, 0.15) is 46.5 Å². The summed E-state index contributed by atoms with van der Waals surface area (Å²) in [6.45, 7) is 0.645. The number of hydrogen-bond acceptors (Lipinski definition) is 6. The van der Waals surface area contributed by atoms with E-state index in [9.17, 15) is 18.0 Å². The van der Waals surface area contributed by atoms with E-state index in [4.69, 9.17) is 4.74 Å². The average molecular weight is 435 g/mol. The first-order chi connectivity index (χ1) is 13.9. The van der Waals surface area contributed by atoms with Crippen molar-refractivity contribution in [2.75, 3.05) is 23.3 Å². The van der Waals surface area contributed by atoms with E-state index in [0.717, 1.165) is 42.5 Å². The number of nitrogens with one attached hydrogen (secondary N) is 1. The van der Waals surface area contributed by atoms with Crippen LogP contribution in [0, 0.1) is 0 Å². The molecule has 1 aromatic heterocycles. The van der Waals surface area contributed by atoms with Crippen molar-refractivity contribution in [2.24, 2.45) is 0 Å². The Morgan fingerprint density at radius 1 is 1.10 bits per heavy atom. The molecular weight excluding hydrogens is 412 g/mol. The molecule has 29 heavy (non-hydrogen) atoms. The van der Waals surface area contributed by atoms with Gasteiger partial charge in [-0.05, 0) is 61.9 Å². The lowest BCUT2D eigenvalue weighted by Gasteiger charge is -2.16. The molecule has 1 aliphatic carbocycles. The highest BCUT2D eigenvalue weighted by Crippen LogP contribution is 2.39. The fourth-order valence-electron chi connectivity index (χ4n) is 3.86. The molecule has 0 saturated carbocycles. The highest BCUT2D eigenvalue weighted by molar-refractivity contribution is 7.93. The van der Waals surface area contributed by atoms with Gasteiger partial charge in [0.15, 0.2) is 0 Å². The number of benzene rings is 1. The monoisotopic (exact) mass is 434 g/mol. The summed E-state index contributed by atoms with van der Waals surface area (Å²) in [6.07, 6.45) is 4.90. The van der Waals surface area contributed by atoms with Crippen molar-refractivity contribution in [3.8, 4) is 0 Å². The zero-order valence-corrected chi connectivity index (χ0v) is 17.7. The Morgan fingerprint density at radius 2 is 1.83 bits per heavy atom. The van der Waals surface area contributed by atoms with Crippen LogP contribution in [0.2, 0.25) is 0 Å². The molecule has 7 nitrogen and oxygen atoms in total. The molecule has 2 aliphatic rings. The molecule has 1 aliphatic heterocycles. The Hall–Kier alpha value is -2.39. The molecule has 0 spiro atoms. The first-order valence-corrected chi connectivity index (χ1v) is 11.9. The van der Waals surface area contributed by atoms with E-state index in [1.54, 1.807) is 17.0 Å². The highest BCUT2D eigenvalue weighted by Gasteiger charge is 2.29. The van der Waals surface area contributed by atoms with Gasteiger partial charge in [-0.1, -0.05) is 0 Å². The lowest BCUT2D eigenvalue weighted by molar-refractivity contribution is -0.117. The summed E-state index contributed by atoms with van der Waals surface area (Å²) < 4.78 is 33.4. The number of carbonyl (C=O) groups excluding carboxylic acids is 2. The third kappa shape index (κ3) is 3.76. The van der Waals surface area contributed by atoms with Crippen LogP contribution in [-0.2, 0) is 32.4 Å². The predicted octanol–water partition coefficient (Wildman–Crippen LogP) is 3.34. The summed E-state index contributed by atoms with van der Waals surface area (Å²) in [5.74, 6) is -0.476. The number of ether oxygens (including phenoxy) is 1. The lowest BCUT2D eigenvalue weighted by Crippen LogP contribution is -2.23. The second-order valence-corrected chi connectivity index (χ2v) is 9.94. The minimum absolute atomic E-state index is 0.0469. The minimum atomic E-state index is -3.88.